The normalized spacial score (nSPS) is 11.7. The van der Waals surface area contributed by atoms with Gasteiger partial charge >= 0.3 is 5.97 Å². The van der Waals surface area contributed by atoms with Crippen LogP contribution in [0.15, 0.2) is 36.4 Å². The Hall–Kier alpha value is -1.95. The molecule has 2 aromatic carbocycles. The summed E-state index contributed by atoms with van der Waals surface area (Å²) >= 11 is 17.7. The van der Waals surface area contributed by atoms with Crippen LogP contribution in [0.2, 0.25) is 15.1 Å². The van der Waals surface area contributed by atoms with E-state index in [0.717, 1.165) is 0 Å². The quantitative estimate of drug-likeness (QED) is 0.725. The molecular formula is C16H12Cl3NO4. The van der Waals surface area contributed by atoms with Gasteiger partial charge in [-0.3, -0.25) is 4.79 Å². The molecule has 5 nitrogen and oxygen atoms in total. The van der Waals surface area contributed by atoms with Crippen molar-refractivity contribution < 1.29 is 19.4 Å². The average molecular weight is 389 g/mol. The van der Waals surface area contributed by atoms with Gasteiger partial charge < -0.3 is 15.2 Å². The molecule has 8 heteroatoms. The Morgan fingerprint density at radius 2 is 1.71 bits per heavy atom. The summed E-state index contributed by atoms with van der Waals surface area (Å²) in [6.07, 6.45) is -0.962. The van der Waals surface area contributed by atoms with Crippen LogP contribution in [0.4, 0.5) is 5.69 Å². The van der Waals surface area contributed by atoms with Crippen LogP contribution in [0.25, 0.3) is 0 Å². The zero-order valence-corrected chi connectivity index (χ0v) is 14.6. The molecular weight excluding hydrogens is 377 g/mol. The van der Waals surface area contributed by atoms with Crippen molar-refractivity contribution >= 4 is 52.4 Å². The number of amides is 1. The number of hydrogen-bond acceptors (Lipinski definition) is 3. The average Bonchev–Trinajstić information content (AvgIpc) is 2.52. The summed E-state index contributed by atoms with van der Waals surface area (Å²) in [7, 11) is 0. The van der Waals surface area contributed by atoms with E-state index < -0.39 is 18.0 Å². The third-order valence-corrected chi connectivity index (χ3v) is 4.09. The minimum absolute atomic E-state index is 0.0373. The lowest BCUT2D eigenvalue weighted by molar-refractivity contribution is -0.122. The van der Waals surface area contributed by atoms with Crippen LogP contribution >= 0.6 is 34.8 Å². The Balaban J connectivity index is 2.14. The summed E-state index contributed by atoms with van der Waals surface area (Å²) in [5, 5.41) is 12.4. The number of carbonyl (C=O) groups is 2. The van der Waals surface area contributed by atoms with E-state index in [4.69, 9.17) is 44.6 Å². The molecule has 2 N–H and O–H groups in total. The van der Waals surface area contributed by atoms with Gasteiger partial charge in [-0.1, -0.05) is 46.9 Å². The molecule has 0 aliphatic carbocycles. The number of halogens is 3. The van der Waals surface area contributed by atoms with Gasteiger partial charge in [-0.25, -0.2) is 4.79 Å². The highest BCUT2D eigenvalue weighted by atomic mass is 35.5. The van der Waals surface area contributed by atoms with Crippen LogP contribution in [0.1, 0.15) is 17.3 Å². The van der Waals surface area contributed by atoms with E-state index in [9.17, 15) is 9.59 Å². The number of carboxylic acid groups (broad SMARTS) is 1. The van der Waals surface area contributed by atoms with E-state index in [2.05, 4.69) is 5.32 Å². The molecule has 0 spiro atoms. The molecule has 0 aliphatic rings. The Morgan fingerprint density at radius 1 is 1.08 bits per heavy atom. The van der Waals surface area contributed by atoms with Crippen LogP contribution in [-0.2, 0) is 4.79 Å². The molecule has 0 bridgehead atoms. The van der Waals surface area contributed by atoms with Crippen LogP contribution in [0, 0.1) is 0 Å². The van der Waals surface area contributed by atoms with Crippen molar-refractivity contribution in [2.24, 2.45) is 0 Å². The van der Waals surface area contributed by atoms with E-state index in [-0.39, 0.29) is 32.1 Å². The number of benzene rings is 2. The lowest BCUT2D eigenvalue weighted by Crippen LogP contribution is -2.30. The third-order valence-electron chi connectivity index (χ3n) is 3.06. The highest BCUT2D eigenvalue weighted by Gasteiger charge is 2.20. The lowest BCUT2D eigenvalue weighted by atomic mass is 10.2. The Morgan fingerprint density at radius 3 is 2.38 bits per heavy atom. The van der Waals surface area contributed by atoms with Gasteiger partial charge in [-0.05, 0) is 31.2 Å². The zero-order chi connectivity index (χ0) is 17.9. The molecule has 0 aliphatic heterocycles. The molecule has 0 saturated carbocycles. The Kier molecular flexibility index (Phi) is 5.94. The summed E-state index contributed by atoms with van der Waals surface area (Å²) in [5.41, 5.74) is 0.239. The van der Waals surface area contributed by atoms with Crippen molar-refractivity contribution in [3.05, 3.63) is 57.0 Å². The molecule has 0 radical (unpaired) electrons. The van der Waals surface area contributed by atoms with Gasteiger partial charge in [0.15, 0.2) is 6.10 Å². The van der Waals surface area contributed by atoms with E-state index in [1.54, 1.807) is 12.1 Å². The minimum Gasteiger partial charge on any atom is -0.480 e. The maximum atomic E-state index is 12.2. The summed E-state index contributed by atoms with van der Waals surface area (Å²) in [6.45, 7) is 1.49. The maximum Gasteiger partial charge on any atom is 0.339 e. The fourth-order valence-electron chi connectivity index (χ4n) is 1.84. The zero-order valence-electron chi connectivity index (χ0n) is 12.3. The molecule has 0 saturated heterocycles. The number of carboxylic acids is 1. The van der Waals surface area contributed by atoms with Crippen molar-refractivity contribution in [2.45, 2.75) is 13.0 Å². The Labute approximate surface area is 153 Å². The fraction of sp³-hybridized carbons (Fsp3) is 0.125. The predicted molar refractivity (Wildman–Crippen MR) is 93.6 cm³/mol. The lowest BCUT2D eigenvalue weighted by Gasteiger charge is -2.17. The minimum atomic E-state index is -1.15. The van der Waals surface area contributed by atoms with Crippen molar-refractivity contribution in [3.8, 4) is 5.75 Å². The first-order valence-corrected chi connectivity index (χ1v) is 7.87. The first-order valence-electron chi connectivity index (χ1n) is 6.74. The molecule has 0 heterocycles. The van der Waals surface area contributed by atoms with Crippen molar-refractivity contribution in [1.82, 2.24) is 0 Å². The smallest absolute Gasteiger partial charge is 0.339 e. The molecule has 0 fully saturated rings. The van der Waals surface area contributed by atoms with Crippen molar-refractivity contribution in [2.75, 3.05) is 5.32 Å². The van der Waals surface area contributed by atoms with Crippen LogP contribution in [-0.4, -0.2) is 23.1 Å². The molecule has 2 aromatic rings. The van der Waals surface area contributed by atoms with Crippen molar-refractivity contribution in [3.63, 3.8) is 0 Å². The summed E-state index contributed by atoms with van der Waals surface area (Å²) in [6, 6.07) is 8.87. The molecule has 0 aromatic heterocycles. The first-order chi connectivity index (χ1) is 11.3. The third kappa shape index (κ3) is 4.32. The number of anilines is 1. The van der Waals surface area contributed by atoms with E-state index in [1.165, 1.54) is 31.2 Å². The second-order valence-corrected chi connectivity index (χ2v) is 6.02. The topological polar surface area (TPSA) is 75.6 Å². The molecule has 1 atom stereocenters. The van der Waals surface area contributed by atoms with Crippen molar-refractivity contribution in [1.29, 1.82) is 0 Å². The largest absolute Gasteiger partial charge is 0.480 e. The maximum absolute atomic E-state index is 12.2. The van der Waals surface area contributed by atoms with E-state index in [0.29, 0.717) is 0 Å². The number of para-hydroxylation sites is 1. The molecule has 1 unspecified atom stereocenters. The number of rotatable bonds is 5. The standard InChI is InChI=1S/C16H12Cl3NO4/c1-8(24-14-5-3-2-4-9(14)16(22)23)15(21)20-13-7-11(18)10(17)6-12(13)19/h2-8H,1H3,(H,20,21)(H,22,23). The van der Waals surface area contributed by atoms with Gasteiger partial charge in [-0.2, -0.15) is 0 Å². The highest BCUT2D eigenvalue weighted by molar-refractivity contribution is 6.44. The summed E-state index contributed by atoms with van der Waals surface area (Å²) in [4.78, 5) is 23.4. The molecule has 24 heavy (non-hydrogen) atoms. The second-order valence-electron chi connectivity index (χ2n) is 4.80. The number of hydrogen-bond donors (Lipinski definition) is 2. The molecule has 1 amide bonds. The van der Waals surface area contributed by atoms with Gasteiger partial charge in [0.1, 0.15) is 11.3 Å². The predicted octanol–water partition coefficient (Wildman–Crippen LogP) is 4.75. The summed E-state index contributed by atoms with van der Waals surface area (Å²) in [5.74, 6) is -1.57. The SMILES string of the molecule is CC(Oc1ccccc1C(=O)O)C(=O)Nc1cc(Cl)c(Cl)cc1Cl. The van der Waals surface area contributed by atoms with Crippen LogP contribution in [0.3, 0.4) is 0 Å². The number of ether oxygens (including phenoxy) is 1. The van der Waals surface area contributed by atoms with Gasteiger partial charge in [-0.15, -0.1) is 0 Å². The van der Waals surface area contributed by atoms with Crippen LogP contribution in [0.5, 0.6) is 5.75 Å². The summed E-state index contributed by atoms with van der Waals surface area (Å²) < 4.78 is 5.44. The molecule has 2 rings (SSSR count). The molecule has 126 valence electrons. The number of aromatic carboxylic acids is 1. The van der Waals surface area contributed by atoms with E-state index >= 15 is 0 Å². The van der Waals surface area contributed by atoms with Crippen LogP contribution < -0.4 is 10.1 Å². The van der Waals surface area contributed by atoms with E-state index in [1.807, 2.05) is 0 Å². The van der Waals surface area contributed by atoms with Gasteiger partial charge in [0.2, 0.25) is 0 Å². The monoisotopic (exact) mass is 387 g/mol. The first kappa shape index (κ1) is 18.4. The Bertz CT molecular complexity index is 795. The van der Waals surface area contributed by atoms with Gasteiger partial charge in [0.05, 0.1) is 20.8 Å². The van der Waals surface area contributed by atoms with Gasteiger partial charge in [0, 0.05) is 0 Å². The number of nitrogens with one attached hydrogen (secondary N) is 1. The number of carbonyl (C=O) groups excluding carboxylic acids is 1. The fourth-order valence-corrected chi connectivity index (χ4v) is 2.44. The highest BCUT2D eigenvalue weighted by Crippen LogP contribution is 2.32. The second kappa shape index (κ2) is 7.75. The van der Waals surface area contributed by atoms with Gasteiger partial charge in [0.25, 0.3) is 5.91 Å².